The lowest BCUT2D eigenvalue weighted by atomic mass is 10.1. The van der Waals surface area contributed by atoms with E-state index in [2.05, 4.69) is 38.5 Å². The summed E-state index contributed by atoms with van der Waals surface area (Å²) in [7, 11) is 1.68. The van der Waals surface area contributed by atoms with Crippen molar-refractivity contribution in [3.63, 3.8) is 0 Å². The molecule has 0 amide bonds. The standard InChI is InChI=1S/C14H17BrN2OS/c1-4-16-13(14-17-9(2)8-19-14)11-7-10(18-3)5-6-12(11)15/h5-8,13,16H,4H2,1-3H3. The van der Waals surface area contributed by atoms with Gasteiger partial charge < -0.3 is 10.1 Å². The first-order chi connectivity index (χ1) is 9.15. The highest BCUT2D eigenvalue weighted by atomic mass is 79.9. The van der Waals surface area contributed by atoms with E-state index < -0.39 is 0 Å². The molecule has 1 atom stereocenters. The van der Waals surface area contributed by atoms with Crippen LogP contribution >= 0.6 is 27.3 Å². The maximum absolute atomic E-state index is 5.31. The van der Waals surface area contributed by atoms with Gasteiger partial charge >= 0.3 is 0 Å². The smallest absolute Gasteiger partial charge is 0.119 e. The van der Waals surface area contributed by atoms with Gasteiger partial charge in [-0.25, -0.2) is 4.98 Å². The van der Waals surface area contributed by atoms with Crippen LogP contribution in [0.25, 0.3) is 0 Å². The second-order valence-corrected chi connectivity index (χ2v) is 5.95. The third-order valence-electron chi connectivity index (χ3n) is 2.81. The fourth-order valence-corrected chi connectivity index (χ4v) is 3.27. The molecule has 3 nitrogen and oxygen atoms in total. The van der Waals surface area contributed by atoms with Crippen LogP contribution in [0, 0.1) is 6.92 Å². The molecule has 0 spiro atoms. The van der Waals surface area contributed by atoms with E-state index in [0.717, 1.165) is 33.0 Å². The maximum atomic E-state index is 5.31. The van der Waals surface area contributed by atoms with E-state index >= 15 is 0 Å². The summed E-state index contributed by atoms with van der Waals surface area (Å²) in [6, 6.07) is 6.10. The lowest BCUT2D eigenvalue weighted by Crippen LogP contribution is -2.22. The summed E-state index contributed by atoms with van der Waals surface area (Å²) in [5.74, 6) is 0.856. The van der Waals surface area contributed by atoms with Crippen molar-refractivity contribution in [1.29, 1.82) is 0 Å². The van der Waals surface area contributed by atoms with E-state index in [4.69, 9.17) is 4.74 Å². The van der Waals surface area contributed by atoms with Gasteiger partial charge in [-0.05, 0) is 37.2 Å². The van der Waals surface area contributed by atoms with Crippen LogP contribution in [-0.2, 0) is 0 Å². The SMILES string of the molecule is CCNC(c1nc(C)cs1)c1cc(OC)ccc1Br. The van der Waals surface area contributed by atoms with Gasteiger partial charge in [0, 0.05) is 15.5 Å². The number of hydrogen-bond acceptors (Lipinski definition) is 4. The van der Waals surface area contributed by atoms with E-state index in [9.17, 15) is 0 Å². The minimum Gasteiger partial charge on any atom is -0.497 e. The van der Waals surface area contributed by atoms with Crippen LogP contribution in [0.15, 0.2) is 28.1 Å². The molecule has 1 N–H and O–H groups in total. The zero-order valence-electron chi connectivity index (χ0n) is 11.2. The van der Waals surface area contributed by atoms with Gasteiger partial charge in [-0.1, -0.05) is 22.9 Å². The Morgan fingerprint density at radius 2 is 2.26 bits per heavy atom. The Labute approximate surface area is 126 Å². The molecule has 1 aromatic carbocycles. The van der Waals surface area contributed by atoms with Crippen molar-refractivity contribution < 1.29 is 4.74 Å². The fraction of sp³-hybridized carbons (Fsp3) is 0.357. The summed E-state index contributed by atoms with van der Waals surface area (Å²) >= 11 is 5.29. The second kappa shape index (κ2) is 6.50. The fourth-order valence-electron chi connectivity index (χ4n) is 1.91. The molecule has 0 saturated carbocycles. The normalized spacial score (nSPS) is 12.4. The number of ether oxygens (including phenoxy) is 1. The summed E-state index contributed by atoms with van der Waals surface area (Å²) in [6.07, 6.45) is 0. The highest BCUT2D eigenvalue weighted by molar-refractivity contribution is 9.10. The average Bonchev–Trinajstić information content (AvgIpc) is 2.83. The zero-order valence-corrected chi connectivity index (χ0v) is 13.6. The quantitative estimate of drug-likeness (QED) is 0.895. The van der Waals surface area contributed by atoms with Gasteiger partial charge in [0.05, 0.1) is 13.2 Å². The summed E-state index contributed by atoms with van der Waals surface area (Å²) in [4.78, 5) is 4.60. The Balaban J connectivity index is 2.43. The lowest BCUT2D eigenvalue weighted by Gasteiger charge is -2.18. The van der Waals surface area contributed by atoms with Gasteiger partial charge in [-0.15, -0.1) is 11.3 Å². The highest BCUT2D eigenvalue weighted by Crippen LogP contribution is 2.32. The minimum atomic E-state index is 0.0909. The summed E-state index contributed by atoms with van der Waals surface area (Å²) in [6.45, 7) is 5.00. The van der Waals surface area contributed by atoms with Crippen molar-refractivity contribution in [3.8, 4) is 5.75 Å². The Kier molecular flexibility index (Phi) is 4.96. The molecule has 0 aliphatic heterocycles. The number of aromatic nitrogens is 1. The number of nitrogens with zero attached hydrogens (tertiary/aromatic N) is 1. The number of methoxy groups -OCH3 is 1. The number of aryl methyl sites for hydroxylation is 1. The van der Waals surface area contributed by atoms with Crippen LogP contribution in [0.4, 0.5) is 0 Å². The van der Waals surface area contributed by atoms with E-state index in [1.807, 2.05) is 25.1 Å². The Bertz CT molecular complexity index is 556. The topological polar surface area (TPSA) is 34.2 Å². The second-order valence-electron chi connectivity index (χ2n) is 4.21. The Morgan fingerprint density at radius 3 is 2.84 bits per heavy atom. The predicted octanol–water partition coefficient (Wildman–Crippen LogP) is 3.92. The van der Waals surface area contributed by atoms with Crippen LogP contribution in [0.1, 0.15) is 29.2 Å². The van der Waals surface area contributed by atoms with E-state index in [-0.39, 0.29) is 6.04 Å². The van der Waals surface area contributed by atoms with Gasteiger partial charge in [0.1, 0.15) is 10.8 Å². The molecule has 2 rings (SSSR count). The van der Waals surface area contributed by atoms with E-state index in [1.165, 1.54) is 0 Å². The summed E-state index contributed by atoms with van der Waals surface area (Å²) < 4.78 is 6.38. The minimum absolute atomic E-state index is 0.0909. The molecule has 0 bridgehead atoms. The van der Waals surface area contributed by atoms with Crippen LogP contribution in [0.3, 0.4) is 0 Å². The van der Waals surface area contributed by atoms with Crippen molar-refractivity contribution in [3.05, 3.63) is 44.3 Å². The van der Waals surface area contributed by atoms with Crippen molar-refractivity contribution in [1.82, 2.24) is 10.3 Å². The van der Waals surface area contributed by atoms with Crippen molar-refractivity contribution in [2.75, 3.05) is 13.7 Å². The average molecular weight is 341 g/mol. The zero-order chi connectivity index (χ0) is 13.8. The molecule has 19 heavy (non-hydrogen) atoms. The number of thiazole rings is 1. The first kappa shape index (κ1) is 14.5. The largest absolute Gasteiger partial charge is 0.497 e. The van der Waals surface area contributed by atoms with Crippen LogP contribution in [0.2, 0.25) is 0 Å². The third-order valence-corrected chi connectivity index (χ3v) is 4.56. The molecular formula is C14H17BrN2OS. The molecule has 0 radical (unpaired) electrons. The number of hydrogen-bond donors (Lipinski definition) is 1. The monoisotopic (exact) mass is 340 g/mol. The number of rotatable bonds is 5. The van der Waals surface area contributed by atoms with Crippen LogP contribution in [-0.4, -0.2) is 18.6 Å². The molecule has 0 aliphatic rings. The molecule has 1 heterocycles. The summed E-state index contributed by atoms with van der Waals surface area (Å²) in [5, 5.41) is 6.64. The molecule has 0 saturated heterocycles. The number of halogens is 1. The number of benzene rings is 1. The predicted molar refractivity (Wildman–Crippen MR) is 83.1 cm³/mol. The highest BCUT2D eigenvalue weighted by Gasteiger charge is 2.19. The first-order valence-corrected chi connectivity index (χ1v) is 7.81. The van der Waals surface area contributed by atoms with Crippen LogP contribution in [0.5, 0.6) is 5.75 Å². The van der Waals surface area contributed by atoms with Gasteiger partial charge in [-0.3, -0.25) is 0 Å². The van der Waals surface area contributed by atoms with Crippen molar-refractivity contribution in [2.45, 2.75) is 19.9 Å². The number of nitrogens with one attached hydrogen (secondary N) is 1. The molecule has 2 aromatic rings. The van der Waals surface area contributed by atoms with Gasteiger partial charge in [0.15, 0.2) is 0 Å². The lowest BCUT2D eigenvalue weighted by molar-refractivity contribution is 0.413. The maximum Gasteiger partial charge on any atom is 0.119 e. The molecule has 0 fully saturated rings. The van der Waals surface area contributed by atoms with E-state index in [0.29, 0.717) is 0 Å². The van der Waals surface area contributed by atoms with Gasteiger partial charge in [0.25, 0.3) is 0 Å². The third kappa shape index (κ3) is 3.35. The molecule has 5 heteroatoms. The van der Waals surface area contributed by atoms with Crippen molar-refractivity contribution >= 4 is 27.3 Å². The molecular weight excluding hydrogens is 324 g/mol. The van der Waals surface area contributed by atoms with E-state index in [1.54, 1.807) is 18.4 Å². The molecule has 102 valence electrons. The Morgan fingerprint density at radius 1 is 1.47 bits per heavy atom. The summed E-state index contributed by atoms with van der Waals surface area (Å²) in [5.41, 5.74) is 2.21. The molecule has 1 aromatic heterocycles. The van der Waals surface area contributed by atoms with Crippen LogP contribution < -0.4 is 10.1 Å². The molecule has 1 unspecified atom stereocenters. The first-order valence-electron chi connectivity index (χ1n) is 6.14. The molecule has 0 aliphatic carbocycles. The van der Waals surface area contributed by atoms with Crippen molar-refractivity contribution in [2.24, 2.45) is 0 Å². The van der Waals surface area contributed by atoms with Gasteiger partial charge in [-0.2, -0.15) is 0 Å². The van der Waals surface area contributed by atoms with Gasteiger partial charge in [0.2, 0.25) is 0 Å². The Hall–Kier alpha value is -0.910.